The van der Waals surface area contributed by atoms with Crippen LogP contribution in [0.5, 0.6) is 0 Å². The first-order valence-electron chi connectivity index (χ1n) is 4.88. The van der Waals surface area contributed by atoms with Gasteiger partial charge in [0.25, 0.3) is 11.9 Å². The first kappa shape index (κ1) is 11.2. The van der Waals surface area contributed by atoms with Crippen molar-refractivity contribution in [2.45, 2.75) is 6.92 Å². The second-order valence-corrected chi connectivity index (χ2v) is 3.49. The minimum absolute atomic E-state index is 0.0402. The minimum Gasteiger partial charge on any atom is -0.288 e. The average molecular weight is 235 g/mol. The lowest BCUT2D eigenvalue weighted by atomic mass is 10.1. The topological polar surface area (TPSA) is 72.7 Å². The number of tetrazole rings is 1. The third-order valence-corrected chi connectivity index (χ3v) is 2.17. The van der Waals surface area contributed by atoms with Gasteiger partial charge in [-0.25, -0.2) is 4.39 Å². The molecule has 0 fully saturated rings. The van der Waals surface area contributed by atoms with Crippen LogP contribution in [-0.2, 0) is 7.05 Å². The summed E-state index contributed by atoms with van der Waals surface area (Å²) < 4.78 is 13.6. The molecule has 0 aliphatic rings. The van der Waals surface area contributed by atoms with Crippen LogP contribution >= 0.6 is 0 Å². The average Bonchev–Trinajstić information content (AvgIpc) is 2.68. The van der Waals surface area contributed by atoms with E-state index in [2.05, 4.69) is 20.7 Å². The number of amides is 1. The molecule has 0 bridgehead atoms. The SMILES string of the molecule is Cc1cccc(C(=O)Nc2nnn(C)n2)c1F. The van der Waals surface area contributed by atoms with Gasteiger partial charge in [0.15, 0.2) is 0 Å². The van der Waals surface area contributed by atoms with Crippen LogP contribution in [0.4, 0.5) is 10.3 Å². The first-order chi connectivity index (χ1) is 8.08. The van der Waals surface area contributed by atoms with E-state index >= 15 is 0 Å². The number of halogens is 1. The molecule has 0 atom stereocenters. The fourth-order valence-corrected chi connectivity index (χ4v) is 1.33. The molecule has 0 saturated heterocycles. The molecule has 1 amide bonds. The minimum atomic E-state index is -0.598. The van der Waals surface area contributed by atoms with Crippen molar-refractivity contribution in [3.05, 3.63) is 35.1 Å². The Balaban J connectivity index is 2.23. The second-order valence-electron chi connectivity index (χ2n) is 3.49. The molecule has 17 heavy (non-hydrogen) atoms. The van der Waals surface area contributed by atoms with Gasteiger partial charge in [0, 0.05) is 0 Å². The van der Waals surface area contributed by atoms with Gasteiger partial charge in [-0.3, -0.25) is 10.1 Å². The third kappa shape index (κ3) is 2.27. The van der Waals surface area contributed by atoms with Gasteiger partial charge >= 0.3 is 0 Å². The molecule has 1 heterocycles. The molecule has 1 N–H and O–H groups in total. The number of nitrogens with one attached hydrogen (secondary N) is 1. The standard InChI is InChI=1S/C10H10FN5O/c1-6-4-3-5-7(8(6)11)9(17)12-10-13-15-16(2)14-10/h3-5H,1-2H3,(H,12,14,17). The monoisotopic (exact) mass is 235 g/mol. The smallest absolute Gasteiger partial charge is 0.270 e. The summed E-state index contributed by atoms with van der Waals surface area (Å²) in [6.45, 7) is 1.59. The molecular weight excluding hydrogens is 225 g/mol. The van der Waals surface area contributed by atoms with E-state index in [0.717, 1.165) is 0 Å². The highest BCUT2D eigenvalue weighted by molar-refractivity contribution is 6.03. The molecule has 1 aromatic heterocycles. The Morgan fingerprint density at radius 2 is 2.24 bits per heavy atom. The molecule has 2 aromatic rings. The Morgan fingerprint density at radius 3 is 2.88 bits per heavy atom. The summed E-state index contributed by atoms with van der Waals surface area (Å²) in [5.41, 5.74) is 0.363. The number of benzene rings is 1. The number of carbonyl (C=O) groups is 1. The van der Waals surface area contributed by atoms with Crippen LogP contribution < -0.4 is 5.32 Å². The number of hydrogen-bond donors (Lipinski definition) is 1. The molecule has 88 valence electrons. The van der Waals surface area contributed by atoms with Crippen molar-refractivity contribution in [2.24, 2.45) is 7.05 Å². The van der Waals surface area contributed by atoms with Crippen LogP contribution in [0, 0.1) is 12.7 Å². The maximum atomic E-state index is 13.6. The van der Waals surface area contributed by atoms with Crippen LogP contribution in [0.3, 0.4) is 0 Å². The van der Waals surface area contributed by atoms with E-state index in [0.29, 0.717) is 5.56 Å². The second kappa shape index (κ2) is 4.28. The zero-order chi connectivity index (χ0) is 12.4. The predicted octanol–water partition coefficient (Wildman–Crippen LogP) is 0.910. The summed E-state index contributed by atoms with van der Waals surface area (Å²) in [7, 11) is 1.57. The molecule has 0 aliphatic carbocycles. The van der Waals surface area contributed by atoms with E-state index < -0.39 is 11.7 Å². The van der Waals surface area contributed by atoms with Gasteiger partial charge in [0.2, 0.25) is 0 Å². The first-order valence-corrected chi connectivity index (χ1v) is 4.88. The molecule has 0 spiro atoms. The number of aromatic nitrogens is 4. The van der Waals surface area contributed by atoms with Gasteiger partial charge in [-0.15, -0.1) is 5.10 Å². The number of hydrogen-bond acceptors (Lipinski definition) is 4. The maximum Gasteiger partial charge on any atom is 0.270 e. The summed E-state index contributed by atoms with van der Waals surface area (Å²) >= 11 is 0. The molecule has 2 rings (SSSR count). The fourth-order valence-electron chi connectivity index (χ4n) is 1.33. The molecule has 7 heteroatoms. The van der Waals surface area contributed by atoms with Crippen LogP contribution in [0.2, 0.25) is 0 Å². The molecule has 0 saturated carbocycles. The van der Waals surface area contributed by atoms with Crippen molar-refractivity contribution in [3.8, 4) is 0 Å². The quantitative estimate of drug-likeness (QED) is 0.839. The molecule has 6 nitrogen and oxygen atoms in total. The third-order valence-electron chi connectivity index (χ3n) is 2.17. The summed E-state index contributed by atoms with van der Waals surface area (Å²) in [5.74, 6) is -1.11. The van der Waals surface area contributed by atoms with E-state index in [1.165, 1.54) is 10.9 Å². The van der Waals surface area contributed by atoms with E-state index in [1.54, 1.807) is 26.1 Å². The lowest BCUT2D eigenvalue weighted by Crippen LogP contribution is -2.15. The molecule has 1 aromatic carbocycles. The van der Waals surface area contributed by atoms with E-state index in [-0.39, 0.29) is 11.5 Å². The van der Waals surface area contributed by atoms with Crippen molar-refractivity contribution in [3.63, 3.8) is 0 Å². The van der Waals surface area contributed by atoms with Crippen molar-refractivity contribution in [1.29, 1.82) is 0 Å². The van der Waals surface area contributed by atoms with Gasteiger partial charge in [-0.05, 0) is 23.8 Å². The van der Waals surface area contributed by atoms with Crippen LogP contribution in [-0.4, -0.2) is 26.1 Å². The van der Waals surface area contributed by atoms with E-state index in [4.69, 9.17) is 0 Å². The highest BCUT2D eigenvalue weighted by Gasteiger charge is 2.14. The van der Waals surface area contributed by atoms with Gasteiger partial charge in [0.1, 0.15) is 5.82 Å². The summed E-state index contributed by atoms with van der Waals surface area (Å²) in [4.78, 5) is 12.9. The molecule has 0 aliphatic heterocycles. The van der Waals surface area contributed by atoms with Crippen molar-refractivity contribution >= 4 is 11.9 Å². The van der Waals surface area contributed by atoms with Gasteiger partial charge in [-0.1, -0.05) is 17.2 Å². The van der Waals surface area contributed by atoms with Crippen molar-refractivity contribution in [2.75, 3.05) is 5.32 Å². The number of aryl methyl sites for hydroxylation is 2. The van der Waals surface area contributed by atoms with Crippen molar-refractivity contribution in [1.82, 2.24) is 20.2 Å². The largest absolute Gasteiger partial charge is 0.288 e. The number of carbonyl (C=O) groups excluding carboxylic acids is 1. The van der Waals surface area contributed by atoms with Gasteiger partial charge in [0.05, 0.1) is 12.6 Å². The summed E-state index contributed by atoms with van der Waals surface area (Å²) in [6.07, 6.45) is 0. The number of rotatable bonds is 2. The Kier molecular flexibility index (Phi) is 2.82. The van der Waals surface area contributed by atoms with Crippen LogP contribution in [0.25, 0.3) is 0 Å². The molecule has 0 radical (unpaired) electrons. The zero-order valence-electron chi connectivity index (χ0n) is 9.31. The van der Waals surface area contributed by atoms with Crippen LogP contribution in [0.1, 0.15) is 15.9 Å². The van der Waals surface area contributed by atoms with Crippen molar-refractivity contribution < 1.29 is 9.18 Å². The number of nitrogens with zero attached hydrogens (tertiary/aromatic N) is 4. The number of anilines is 1. The summed E-state index contributed by atoms with van der Waals surface area (Å²) in [5, 5.41) is 13.3. The Labute approximate surface area is 96.4 Å². The Morgan fingerprint density at radius 1 is 1.47 bits per heavy atom. The molecule has 0 unspecified atom stereocenters. The fraction of sp³-hybridized carbons (Fsp3) is 0.200. The van der Waals surface area contributed by atoms with Gasteiger partial charge < -0.3 is 0 Å². The van der Waals surface area contributed by atoms with Crippen LogP contribution in [0.15, 0.2) is 18.2 Å². The maximum absolute atomic E-state index is 13.6. The summed E-state index contributed by atoms with van der Waals surface area (Å²) in [6, 6.07) is 4.60. The lowest BCUT2D eigenvalue weighted by Gasteiger charge is -2.03. The van der Waals surface area contributed by atoms with E-state index in [1.807, 2.05) is 0 Å². The normalized spacial score (nSPS) is 10.3. The highest BCUT2D eigenvalue weighted by atomic mass is 19.1. The molecular formula is C10H10FN5O. The highest BCUT2D eigenvalue weighted by Crippen LogP contribution is 2.12. The zero-order valence-corrected chi connectivity index (χ0v) is 9.31. The Bertz CT molecular complexity index is 566. The predicted molar refractivity (Wildman–Crippen MR) is 57.9 cm³/mol. The Hall–Kier alpha value is -2.31. The van der Waals surface area contributed by atoms with E-state index in [9.17, 15) is 9.18 Å². The van der Waals surface area contributed by atoms with Gasteiger partial charge in [-0.2, -0.15) is 4.80 Å². The lowest BCUT2D eigenvalue weighted by molar-refractivity contribution is 0.102.